The molecule has 0 atom stereocenters. The molecule has 9 heteroatoms. The van der Waals surface area contributed by atoms with Gasteiger partial charge in [0.15, 0.2) is 10.8 Å². The Bertz CT molecular complexity index is 1250. The van der Waals surface area contributed by atoms with Crippen molar-refractivity contribution in [2.45, 2.75) is 19.3 Å². The van der Waals surface area contributed by atoms with Crippen molar-refractivity contribution >= 4 is 43.6 Å². The average molecular weight is 423 g/mol. The molecule has 1 aliphatic rings. The van der Waals surface area contributed by atoms with Crippen LogP contribution in [-0.2, 0) is 11.2 Å². The molecule has 4 heterocycles. The minimum atomic E-state index is -0.159. The third kappa shape index (κ3) is 3.56. The number of carbonyl (C=O) groups excluding carboxylic acids is 1. The van der Waals surface area contributed by atoms with Crippen LogP contribution in [0, 0.1) is 5.92 Å². The van der Waals surface area contributed by atoms with Gasteiger partial charge in [0.1, 0.15) is 4.70 Å². The van der Waals surface area contributed by atoms with Crippen molar-refractivity contribution in [3.8, 4) is 0 Å². The minimum Gasteiger partial charge on any atom is -0.361 e. The number of hydrogen-bond donors (Lipinski definition) is 3. The number of H-pyrrole nitrogens is 2. The van der Waals surface area contributed by atoms with E-state index in [1.807, 2.05) is 18.3 Å². The molecule has 1 aromatic carbocycles. The number of benzene rings is 1. The van der Waals surface area contributed by atoms with Crippen molar-refractivity contribution in [3.63, 3.8) is 0 Å². The fraction of sp³-hybridized carbons (Fsp3) is 0.333. The molecular formula is C21H22N6O2S. The number of carbonyl (C=O) groups is 1. The molecule has 0 bridgehead atoms. The van der Waals surface area contributed by atoms with Crippen molar-refractivity contribution in [1.82, 2.24) is 25.3 Å². The second-order valence-corrected chi connectivity index (χ2v) is 8.52. The molecule has 0 aliphatic carbocycles. The number of rotatable bonds is 5. The van der Waals surface area contributed by atoms with Crippen LogP contribution in [0.25, 0.3) is 21.3 Å². The highest BCUT2D eigenvalue weighted by Gasteiger charge is 2.26. The summed E-state index contributed by atoms with van der Waals surface area (Å²) in [5.74, 6) is 0.136. The smallest absolute Gasteiger partial charge is 0.270 e. The molecule has 154 valence electrons. The highest BCUT2D eigenvalue weighted by Crippen LogP contribution is 2.29. The molecule has 1 amide bonds. The fourth-order valence-corrected chi connectivity index (χ4v) is 4.99. The van der Waals surface area contributed by atoms with E-state index in [9.17, 15) is 9.59 Å². The number of hydrogen-bond acceptors (Lipinski definition) is 6. The molecule has 1 saturated heterocycles. The van der Waals surface area contributed by atoms with Gasteiger partial charge in [-0.15, -0.1) is 0 Å². The number of piperidine rings is 1. The lowest BCUT2D eigenvalue weighted by molar-refractivity contribution is -0.125. The lowest BCUT2D eigenvalue weighted by atomic mass is 9.96. The number of nitrogens with zero attached hydrogens (tertiary/aromatic N) is 3. The monoisotopic (exact) mass is 422 g/mol. The van der Waals surface area contributed by atoms with Gasteiger partial charge < -0.3 is 20.2 Å². The van der Waals surface area contributed by atoms with E-state index in [1.54, 1.807) is 0 Å². The standard InChI is InChI=1S/C21H22N6O2S/c28-19(22-8-5-14-11-23-16-4-2-1-3-15(14)16)13-6-9-27(10-7-13)21-26-18-17(30-21)20(29)25-12-24-18/h1-4,11-13,23H,5-10H2,(H,22,28)(H,24,25,29). The first-order valence-corrected chi connectivity index (χ1v) is 10.9. The zero-order chi connectivity index (χ0) is 20.5. The topological polar surface area (TPSA) is 107 Å². The molecule has 8 nitrogen and oxygen atoms in total. The second-order valence-electron chi connectivity index (χ2n) is 7.54. The molecule has 0 unspecified atom stereocenters. The Morgan fingerprint density at radius 2 is 2.07 bits per heavy atom. The van der Waals surface area contributed by atoms with E-state index in [0.717, 1.165) is 43.0 Å². The van der Waals surface area contributed by atoms with Crippen LogP contribution < -0.4 is 15.8 Å². The molecule has 5 rings (SSSR count). The largest absolute Gasteiger partial charge is 0.361 e. The number of nitrogens with one attached hydrogen (secondary N) is 3. The maximum absolute atomic E-state index is 12.6. The van der Waals surface area contributed by atoms with Crippen LogP contribution in [0.1, 0.15) is 18.4 Å². The fourth-order valence-electron chi connectivity index (χ4n) is 4.03. The normalized spacial score (nSPS) is 15.1. The summed E-state index contributed by atoms with van der Waals surface area (Å²) < 4.78 is 0.546. The summed E-state index contributed by atoms with van der Waals surface area (Å²) in [6.45, 7) is 2.13. The molecule has 0 saturated carbocycles. The molecule has 1 aliphatic heterocycles. The lowest BCUT2D eigenvalue weighted by Crippen LogP contribution is -2.41. The molecule has 1 fully saturated rings. The summed E-state index contributed by atoms with van der Waals surface area (Å²) in [4.78, 5) is 41.1. The molecule has 3 N–H and O–H groups in total. The molecule has 30 heavy (non-hydrogen) atoms. The van der Waals surface area contributed by atoms with Gasteiger partial charge >= 0.3 is 0 Å². The Labute approximate surface area is 176 Å². The Kier molecular flexibility index (Phi) is 4.96. The van der Waals surface area contributed by atoms with Crippen molar-refractivity contribution in [3.05, 3.63) is 52.7 Å². The lowest BCUT2D eigenvalue weighted by Gasteiger charge is -2.30. The number of fused-ring (bicyclic) bond motifs is 2. The highest BCUT2D eigenvalue weighted by molar-refractivity contribution is 7.22. The Morgan fingerprint density at radius 1 is 1.23 bits per heavy atom. The van der Waals surface area contributed by atoms with Crippen LogP contribution in [0.2, 0.25) is 0 Å². The van der Waals surface area contributed by atoms with Crippen molar-refractivity contribution in [2.75, 3.05) is 24.5 Å². The summed E-state index contributed by atoms with van der Waals surface area (Å²) in [7, 11) is 0. The van der Waals surface area contributed by atoms with Crippen LogP contribution in [-0.4, -0.2) is 45.5 Å². The van der Waals surface area contributed by atoms with E-state index in [-0.39, 0.29) is 17.4 Å². The quantitative estimate of drug-likeness (QED) is 0.458. The summed E-state index contributed by atoms with van der Waals surface area (Å²) in [6, 6.07) is 8.20. The summed E-state index contributed by atoms with van der Waals surface area (Å²) in [5, 5.41) is 5.11. The number of aromatic amines is 2. The van der Waals surface area contributed by atoms with Crippen molar-refractivity contribution < 1.29 is 4.79 Å². The first-order chi connectivity index (χ1) is 14.7. The van der Waals surface area contributed by atoms with Gasteiger partial charge in [0.05, 0.1) is 6.33 Å². The third-order valence-corrected chi connectivity index (χ3v) is 6.80. The van der Waals surface area contributed by atoms with Crippen molar-refractivity contribution in [2.24, 2.45) is 5.92 Å². The highest BCUT2D eigenvalue weighted by atomic mass is 32.1. The number of para-hydroxylation sites is 1. The SMILES string of the molecule is O=C(NCCc1c[nH]c2ccccc12)C1CCN(c2nc3nc[nH]c(=O)c3s2)CC1. The van der Waals surface area contributed by atoms with Crippen LogP contribution in [0.4, 0.5) is 5.13 Å². The third-order valence-electron chi connectivity index (χ3n) is 5.69. The van der Waals surface area contributed by atoms with Gasteiger partial charge in [-0.2, -0.15) is 4.98 Å². The number of amides is 1. The predicted octanol–water partition coefficient (Wildman–Crippen LogP) is 2.44. The van der Waals surface area contributed by atoms with Crippen LogP contribution in [0.15, 0.2) is 41.6 Å². The zero-order valence-electron chi connectivity index (χ0n) is 16.4. The van der Waals surface area contributed by atoms with Crippen LogP contribution in [0.5, 0.6) is 0 Å². The zero-order valence-corrected chi connectivity index (χ0v) is 17.2. The van der Waals surface area contributed by atoms with Crippen LogP contribution in [0.3, 0.4) is 0 Å². The van der Waals surface area contributed by atoms with Crippen molar-refractivity contribution in [1.29, 1.82) is 0 Å². The Balaban J connectivity index is 1.15. The van der Waals surface area contributed by atoms with E-state index in [2.05, 4.69) is 42.3 Å². The Hall–Kier alpha value is -3.20. The second kappa shape index (κ2) is 7.91. The van der Waals surface area contributed by atoms with E-state index in [0.29, 0.717) is 16.9 Å². The van der Waals surface area contributed by atoms with E-state index in [4.69, 9.17) is 0 Å². The molecule has 3 aromatic heterocycles. The van der Waals surface area contributed by atoms with Gasteiger partial charge in [0, 0.05) is 42.7 Å². The molecule has 4 aromatic rings. The summed E-state index contributed by atoms with van der Waals surface area (Å²) in [6.07, 6.45) is 5.76. The first-order valence-electron chi connectivity index (χ1n) is 10.1. The number of aromatic nitrogens is 4. The van der Waals surface area contributed by atoms with E-state index in [1.165, 1.54) is 28.6 Å². The summed E-state index contributed by atoms with van der Waals surface area (Å²) in [5.41, 5.74) is 2.67. The Morgan fingerprint density at radius 3 is 2.90 bits per heavy atom. The minimum absolute atomic E-state index is 0.0140. The number of thiazole rings is 1. The van der Waals surface area contributed by atoms with Gasteiger partial charge in [0.2, 0.25) is 5.91 Å². The van der Waals surface area contributed by atoms with Crippen LogP contribution >= 0.6 is 11.3 Å². The van der Waals surface area contributed by atoms with E-state index >= 15 is 0 Å². The molecular weight excluding hydrogens is 400 g/mol. The number of anilines is 1. The average Bonchev–Trinajstić information content (AvgIpc) is 3.39. The maximum atomic E-state index is 12.6. The van der Waals surface area contributed by atoms with Gasteiger partial charge in [-0.3, -0.25) is 9.59 Å². The summed E-state index contributed by atoms with van der Waals surface area (Å²) >= 11 is 1.36. The maximum Gasteiger partial charge on any atom is 0.270 e. The first kappa shape index (κ1) is 18.8. The van der Waals surface area contributed by atoms with Gasteiger partial charge in [0.25, 0.3) is 5.56 Å². The van der Waals surface area contributed by atoms with E-state index < -0.39 is 0 Å². The predicted molar refractivity (Wildman–Crippen MR) is 118 cm³/mol. The van der Waals surface area contributed by atoms with Gasteiger partial charge in [-0.1, -0.05) is 29.5 Å². The van der Waals surface area contributed by atoms with Gasteiger partial charge in [-0.05, 0) is 30.9 Å². The van der Waals surface area contributed by atoms with Gasteiger partial charge in [-0.25, -0.2) is 4.98 Å². The molecule has 0 radical (unpaired) electrons. The molecule has 0 spiro atoms.